The summed E-state index contributed by atoms with van der Waals surface area (Å²) in [7, 11) is 0. The standard InChI is InChI=1S/C14H12ClN3O3S/c15-9-5-6-10(12(7-9)18(20)21)17-11-3-1-2-4-13(11)22-8-14(16)19/h1-7,17H,8H2,(H2,16,19). The molecular formula is C14H12ClN3O3S. The molecule has 1 amide bonds. The molecule has 0 aliphatic carbocycles. The minimum absolute atomic E-state index is 0.123. The van der Waals surface area contributed by atoms with E-state index in [-0.39, 0.29) is 16.5 Å². The number of nitrogens with zero attached hydrogens (tertiary/aromatic N) is 1. The summed E-state index contributed by atoms with van der Waals surface area (Å²) in [6.45, 7) is 0. The lowest BCUT2D eigenvalue weighted by Gasteiger charge is -2.11. The number of nitrogens with two attached hydrogens (primary N) is 1. The molecule has 3 N–H and O–H groups in total. The van der Waals surface area contributed by atoms with Gasteiger partial charge in [0.15, 0.2) is 0 Å². The van der Waals surface area contributed by atoms with E-state index in [1.807, 2.05) is 6.07 Å². The smallest absolute Gasteiger partial charge is 0.294 e. The zero-order chi connectivity index (χ0) is 16.1. The van der Waals surface area contributed by atoms with Gasteiger partial charge in [-0.15, -0.1) is 11.8 Å². The summed E-state index contributed by atoms with van der Waals surface area (Å²) in [4.78, 5) is 22.3. The van der Waals surface area contributed by atoms with Gasteiger partial charge in [-0.3, -0.25) is 14.9 Å². The van der Waals surface area contributed by atoms with Crippen LogP contribution in [-0.2, 0) is 4.79 Å². The number of halogens is 1. The molecule has 0 aliphatic rings. The zero-order valence-corrected chi connectivity index (χ0v) is 12.9. The normalized spacial score (nSPS) is 10.2. The molecule has 0 aromatic heterocycles. The molecule has 0 fully saturated rings. The van der Waals surface area contributed by atoms with E-state index in [9.17, 15) is 14.9 Å². The molecule has 0 heterocycles. The van der Waals surface area contributed by atoms with E-state index in [0.717, 1.165) is 4.90 Å². The van der Waals surface area contributed by atoms with Crippen molar-refractivity contribution in [3.63, 3.8) is 0 Å². The van der Waals surface area contributed by atoms with Crippen LogP contribution in [-0.4, -0.2) is 16.6 Å². The lowest BCUT2D eigenvalue weighted by Crippen LogP contribution is -2.13. The second-order valence-electron chi connectivity index (χ2n) is 4.29. The van der Waals surface area contributed by atoms with Crippen LogP contribution >= 0.6 is 23.4 Å². The van der Waals surface area contributed by atoms with Crippen molar-refractivity contribution in [2.45, 2.75) is 4.90 Å². The fourth-order valence-corrected chi connectivity index (χ4v) is 2.66. The number of amides is 1. The number of hydrogen-bond donors (Lipinski definition) is 2. The highest BCUT2D eigenvalue weighted by Crippen LogP contribution is 2.34. The number of carbonyl (C=O) groups is 1. The molecule has 6 nitrogen and oxygen atoms in total. The number of thioether (sulfide) groups is 1. The summed E-state index contributed by atoms with van der Waals surface area (Å²) in [5.74, 6) is -0.307. The van der Waals surface area contributed by atoms with Gasteiger partial charge in [0.1, 0.15) is 5.69 Å². The number of hydrogen-bond acceptors (Lipinski definition) is 5. The van der Waals surface area contributed by atoms with Crippen LogP contribution in [0.1, 0.15) is 0 Å². The van der Waals surface area contributed by atoms with Gasteiger partial charge in [0.2, 0.25) is 5.91 Å². The Morgan fingerprint density at radius 1 is 1.27 bits per heavy atom. The molecule has 0 unspecified atom stereocenters. The summed E-state index contributed by atoms with van der Waals surface area (Å²) in [6.07, 6.45) is 0. The molecular weight excluding hydrogens is 326 g/mol. The summed E-state index contributed by atoms with van der Waals surface area (Å²) in [5.41, 5.74) is 5.99. The van der Waals surface area contributed by atoms with Crippen molar-refractivity contribution < 1.29 is 9.72 Å². The average molecular weight is 338 g/mol. The predicted octanol–water partition coefficient (Wildman–Crippen LogP) is 3.57. The Balaban J connectivity index is 2.31. The molecule has 8 heteroatoms. The third-order valence-electron chi connectivity index (χ3n) is 2.68. The Bertz CT molecular complexity index is 724. The Hall–Kier alpha value is -2.25. The van der Waals surface area contributed by atoms with Crippen LogP contribution < -0.4 is 11.1 Å². The molecule has 0 spiro atoms. The highest BCUT2D eigenvalue weighted by molar-refractivity contribution is 8.00. The van der Waals surface area contributed by atoms with Crippen molar-refractivity contribution in [3.05, 3.63) is 57.6 Å². The lowest BCUT2D eigenvalue weighted by atomic mass is 10.2. The van der Waals surface area contributed by atoms with Gasteiger partial charge >= 0.3 is 0 Å². The summed E-state index contributed by atoms with van der Waals surface area (Å²) >= 11 is 7.05. The van der Waals surface area contributed by atoms with Gasteiger partial charge in [0, 0.05) is 16.0 Å². The second-order valence-corrected chi connectivity index (χ2v) is 5.75. The van der Waals surface area contributed by atoms with Crippen molar-refractivity contribution in [2.75, 3.05) is 11.1 Å². The maximum absolute atomic E-state index is 11.1. The van der Waals surface area contributed by atoms with E-state index in [1.165, 1.54) is 23.9 Å². The molecule has 22 heavy (non-hydrogen) atoms. The third-order valence-corrected chi connectivity index (χ3v) is 4.01. The van der Waals surface area contributed by atoms with E-state index in [1.54, 1.807) is 24.3 Å². The molecule has 2 aromatic carbocycles. The number of para-hydroxylation sites is 1. The summed E-state index contributed by atoms with van der Waals surface area (Å²) in [5, 5.41) is 14.4. The number of nitro benzene ring substituents is 1. The minimum atomic E-state index is -0.507. The van der Waals surface area contributed by atoms with Gasteiger partial charge < -0.3 is 11.1 Å². The molecule has 0 aliphatic heterocycles. The van der Waals surface area contributed by atoms with E-state index < -0.39 is 10.8 Å². The highest BCUT2D eigenvalue weighted by atomic mass is 35.5. The Morgan fingerprint density at radius 3 is 2.68 bits per heavy atom. The van der Waals surface area contributed by atoms with Gasteiger partial charge in [0.05, 0.1) is 16.4 Å². The van der Waals surface area contributed by atoms with Crippen molar-refractivity contribution in [3.8, 4) is 0 Å². The summed E-state index contributed by atoms with van der Waals surface area (Å²) < 4.78 is 0. The SMILES string of the molecule is NC(=O)CSc1ccccc1Nc1ccc(Cl)cc1[N+](=O)[O-]. The van der Waals surface area contributed by atoms with Crippen LogP contribution in [0.15, 0.2) is 47.4 Å². The fourth-order valence-electron chi connectivity index (χ4n) is 1.75. The monoisotopic (exact) mass is 337 g/mol. The van der Waals surface area contributed by atoms with Crippen molar-refractivity contribution >= 4 is 46.3 Å². The quantitative estimate of drug-likeness (QED) is 0.477. The first-order valence-corrected chi connectivity index (χ1v) is 7.55. The maximum Gasteiger partial charge on any atom is 0.294 e. The fraction of sp³-hybridized carbons (Fsp3) is 0.0714. The predicted molar refractivity (Wildman–Crippen MR) is 87.7 cm³/mol. The molecule has 2 aromatic rings. The van der Waals surface area contributed by atoms with Crippen molar-refractivity contribution in [1.29, 1.82) is 0 Å². The van der Waals surface area contributed by atoms with E-state index in [0.29, 0.717) is 11.4 Å². The van der Waals surface area contributed by atoms with Crippen LogP contribution in [0.25, 0.3) is 0 Å². The number of rotatable bonds is 6. The van der Waals surface area contributed by atoms with Crippen LogP contribution in [0.5, 0.6) is 0 Å². The first-order valence-electron chi connectivity index (χ1n) is 6.18. The molecule has 114 valence electrons. The molecule has 0 atom stereocenters. The molecule has 0 saturated carbocycles. The van der Waals surface area contributed by atoms with Crippen molar-refractivity contribution in [1.82, 2.24) is 0 Å². The van der Waals surface area contributed by atoms with E-state index in [4.69, 9.17) is 17.3 Å². The van der Waals surface area contributed by atoms with Crippen LogP contribution in [0.2, 0.25) is 5.02 Å². The highest BCUT2D eigenvalue weighted by Gasteiger charge is 2.15. The molecule has 0 radical (unpaired) electrons. The minimum Gasteiger partial charge on any atom is -0.369 e. The van der Waals surface area contributed by atoms with E-state index in [2.05, 4.69) is 5.32 Å². The largest absolute Gasteiger partial charge is 0.369 e. The van der Waals surface area contributed by atoms with Gasteiger partial charge in [0.25, 0.3) is 5.69 Å². The zero-order valence-electron chi connectivity index (χ0n) is 11.3. The summed E-state index contributed by atoms with van der Waals surface area (Å²) in [6, 6.07) is 11.6. The Labute approximate surface area is 135 Å². The lowest BCUT2D eigenvalue weighted by molar-refractivity contribution is -0.383. The number of anilines is 2. The van der Waals surface area contributed by atoms with Crippen LogP contribution in [0.3, 0.4) is 0 Å². The van der Waals surface area contributed by atoms with Gasteiger partial charge in [-0.2, -0.15) is 0 Å². The second kappa shape index (κ2) is 7.15. The van der Waals surface area contributed by atoms with Gasteiger partial charge in [-0.25, -0.2) is 0 Å². The number of benzene rings is 2. The van der Waals surface area contributed by atoms with Crippen LogP contribution in [0, 0.1) is 10.1 Å². The number of nitrogens with one attached hydrogen (secondary N) is 1. The first-order chi connectivity index (χ1) is 10.5. The van der Waals surface area contributed by atoms with Crippen molar-refractivity contribution in [2.24, 2.45) is 5.73 Å². The number of primary amides is 1. The number of carbonyl (C=O) groups excluding carboxylic acids is 1. The van der Waals surface area contributed by atoms with Crippen LogP contribution in [0.4, 0.5) is 17.1 Å². The van der Waals surface area contributed by atoms with Gasteiger partial charge in [-0.1, -0.05) is 23.7 Å². The molecule has 0 bridgehead atoms. The average Bonchev–Trinajstić information content (AvgIpc) is 2.48. The first kappa shape index (κ1) is 16.1. The third kappa shape index (κ3) is 4.12. The molecule has 2 rings (SSSR count). The van der Waals surface area contributed by atoms with Gasteiger partial charge in [-0.05, 0) is 24.3 Å². The number of nitro groups is 1. The molecule has 0 saturated heterocycles. The maximum atomic E-state index is 11.1. The Kier molecular flexibility index (Phi) is 5.24. The topological polar surface area (TPSA) is 98.3 Å². The Morgan fingerprint density at radius 2 is 2.00 bits per heavy atom. The van der Waals surface area contributed by atoms with E-state index >= 15 is 0 Å².